The summed E-state index contributed by atoms with van der Waals surface area (Å²) in [5.41, 5.74) is 4.57. The summed E-state index contributed by atoms with van der Waals surface area (Å²) in [6.45, 7) is 4.35. The van der Waals surface area contributed by atoms with Crippen LogP contribution in [0, 0.1) is 28.7 Å². The number of nitrogens with zero attached hydrogens (tertiary/aromatic N) is 1. The fourth-order valence-corrected chi connectivity index (χ4v) is 5.51. The van der Waals surface area contributed by atoms with Gasteiger partial charge in [0, 0.05) is 5.69 Å². The molecule has 0 atom stereocenters. The van der Waals surface area contributed by atoms with Crippen molar-refractivity contribution in [3.8, 4) is 11.8 Å². The summed E-state index contributed by atoms with van der Waals surface area (Å²) in [4.78, 5) is 12.7. The van der Waals surface area contributed by atoms with Gasteiger partial charge in [0.05, 0.1) is 8.04 Å². The van der Waals surface area contributed by atoms with Crippen LogP contribution in [0.25, 0.3) is 16.8 Å². The number of amides is 1. The van der Waals surface area contributed by atoms with Crippen molar-refractivity contribution in [3.05, 3.63) is 109 Å². The summed E-state index contributed by atoms with van der Waals surface area (Å²) in [7, 11) is 0. The number of carbonyl (C=O) groups excluding carboxylic acids is 1. The Kier molecular flexibility index (Phi) is 7.89. The van der Waals surface area contributed by atoms with E-state index in [1.165, 1.54) is 10.8 Å². The maximum absolute atomic E-state index is 12.7. The quantitative estimate of drug-likeness (QED) is 0.133. The van der Waals surface area contributed by atoms with Gasteiger partial charge in [0.1, 0.15) is 24.0 Å². The van der Waals surface area contributed by atoms with Gasteiger partial charge < -0.3 is 10.1 Å². The minimum Gasteiger partial charge on any atom is -0.487 e. The number of rotatable bonds is 6. The van der Waals surface area contributed by atoms with Crippen LogP contribution in [-0.2, 0) is 11.4 Å². The number of ether oxygens (including phenoxy) is 1. The average Bonchev–Trinajstić information content (AvgIpc) is 2.83. The maximum atomic E-state index is 12.7. The highest BCUT2D eigenvalue weighted by Gasteiger charge is 2.14. The van der Waals surface area contributed by atoms with Crippen LogP contribution in [0.3, 0.4) is 0 Å². The Morgan fingerprint density at radius 3 is 2.54 bits per heavy atom. The van der Waals surface area contributed by atoms with E-state index in [2.05, 4.69) is 74.2 Å². The van der Waals surface area contributed by atoms with Gasteiger partial charge in [0.2, 0.25) is 0 Å². The number of nitriles is 1. The van der Waals surface area contributed by atoms with E-state index in [0.29, 0.717) is 18.0 Å². The highest BCUT2D eigenvalue weighted by Crippen LogP contribution is 2.33. The lowest BCUT2D eigenvalue weighted by atomic mass is 10.1. The van der Waals surface area contributed by atoms with Gasteiger partial charge in [-0.3, -0.25) is 4.79 Å². The molecule has 0 saturated carbocycles. The molecule has 35 heavy (non-hydrogen) atoms. The predicted molar refractivity (Wildman–Crippen MR) is 153 cm³/mol. The first-order valence-electron chi connectivity index (χ1n) is 10.9. The molecule has 0 aromatic heterocycles. The van der Waals surface area contributed by atoms with Crippen molar-refractivity contribution in [2.24, 2.45) is 0 Å². The standard InChI is InChI=1S/C29H22BrIN2O2/c1-18-7-10-27(19(2)11-18)33-29(34)24(16-32)13-21-14-25(30)28(26(31)15-21)35-17-20-8-9-22-5-3-4-6-23(22)12-20/h3-15H,17H2,1-2H3,(H,33,34)/b24-13+. The lowest BCUT2D eigenvalue weighted by molar-refractivity contribution is -0.112. The molecule has 4 nitrogen and oxygen atoms in total. The Morgan fingerprint density at radius 1 is 1.06 bits per heavy atom. The van der Waals surface area contributed by atoms with Gasteiger partial charge in [-0.1, -0.05) is 54.1 Å². The van der Waals surface area contributed by atoms with Crippen LogP contribution in [-0.4, -0.2) is 5.91 Å². The normalized spacial score (nSPS) is 11.2. The Balaban J connectivity index is 1.51. The van der Waals surface area contributed by atoms with Gasteiger partial charge in [-0.05, 0) is 110 Å². The minimum atomic E-state index is -0.442. The smallest absolute Gasteiger partial charge is 0.266 e. The summed E-state index contributed by atoms with van der Waals surface area (Å²) in [5.74, 6) is 0.274. The molecule has 1 amide bonds. The Labute approximate surface area is 226 Å². The molecule has 0 aliphatic carbocycles. The predicted octanol–water partition coefficient (Wildman–Crippen LogP) is 7.95. The molecule has 4 aromatic carbocycles. The van der Waals surface area contributed by atoms with Crippen LogP contribution in [0.4, 0.5) is 5.69 Å². The van der Waals surface area contributed by atoms with Crippen molar-refractivity contribution in [1.82, 2.24) is 0 Å². The fraction of sp³-hybridized carbons (Fsp3) is 0.103. The first-order valence-corrected chi connectivity index (χ1v) is 12.8. The minimum absolute atomic E-state index is 0.0255. The Morgan fingerprint density at radius 2 is 1.83 bits per heavy atom. The SMILES string of the molecule is Cc1ccc(NC(=O)/C(C#N)=C/c2cc(Br)c(OCc3ccc4ccccc4c3)c(I)c2)c(C)c1. The molecule has 0 unspecified atom stereocenters. The molecule has 0 spiro atoms. The molecule has 0 fully saturated rings. The number of carbonyl (C=O) groups is 1. The van der Waals surface area contributed by atoms with Crippen molar-refractivity contribution in [2.45, 2.75) is 20.5 Å². The zero-order chi connectivity index (χ0) is 24.9. The summed E-state index contributed by atoms with van der Waals surface area (Å²) in [5, 5.41) is 14.8. The average molecular weight is 637 g/mol. The summed E-state index contributed by atoms with van der Waals surface area (Å²) >= 11 is 5.79. The molecule has 0 saturated heterocycles. The largest absolute Gasteiger partial charge is 0.487 e. The third kappa shape index (κ3) is 6.11. The third-order valence-corrected chi connectivity index (χ3v) is 6.91. The second-order valence-corrected chi connectivity index (χ2v) is 10.2. The molecule has 0 bridgehead atoms. The molecule has 0 radical (unpaired) electrons. The lowest BCUT2D eigenvalue weighted by Gasteiger charge is -2.12. The fourth-order valence-electron chi connectivity index (χ4n) is 3.74. The zero-order valence-corrected chi connectivity index (χ0v) is 23.0. The topological polar surface area (TPSA) is 62.1 Å². The molecule has 4 rings (SSSR count). The van der Waals surface area contributed by atoms with Crippen LogP contribution >= 0.6 is 38.5 Å². The second-order valence-electron chi connectivity index (χ2n) is 8.23. The molecule has 4 aromatic rings. The highest BCUT2D eigenvalue weighted by atomic mass is 127. The van der Waals surface area contributed by atoms with E-state index in [1.54, 1.807) is 6.08 Å². The van der Waals surface area contributed by atoms with Gasteiger partial charge >= 0.3 is 0 Å². The van der Waals surface area contributed by atoms with Crippen LogP contribution < -0.4 is 10.1 Å². The summed E-state index contributed by atoms with van der Waals surface area (Å²) in [6, 6.07) is 26.0. The molecule has 0 heterocycles. The summed E-state index contributed by atoms with van der Waals surface area (Å²) < 4.78 is 7.74. The van der Waals surface area contributed by atoms with Crippen molar-refractivity contribution < 1.29 is 9.53 Å². The maximum Gasteiger partial charge on any atom is 0.266 e. The molecular formula is C29H22BrIN2O2. The molecule has 6 heteroatoms. The van der Waals surface area contributed by atoms with Crippen LogP contribution in [0.15, 0.2) is 82.8 Å². The van der Waals surface area contributed by atoms with Crippen LogP contribution in [0.2, 0.25) is 0 Å². The molecule has 1 N–H and O–H groups in total. The van der Waals surface area contributed by atoms with E-state index in [4.69, 9.17) is 4.74 Å². The number of nitrogens with one attached hydrogen (secondary N) is 1. The molecule has 0 aliphatic heterocycles. The number of aryl methyl sites for hydroxylation is 2. The van der Waals surface area contributed by atoms with Crippen molar-refractivity contribution >= 4 is 67.0 Å². The number of anilines is 1. The van der Waals surface area contributed by atoms with Gasteiger partial charge in [-0.15, -0.1) is 0 Å². The number of fused-ring (bicyclic) bond motifs is 1. The van der Waals surface area contributed by atoms with Crippen molar-refractivity contribution in [1.29, 1.82) is 5.26 Å². The third-order valence-electron chi connectivity index (χ3n) is 5.52. The van der Waals surface area contributed by atoms with Crippen molar-refractivity contribution in [2.75, 3.05) is 5.32 Å². The van der Waals surface area contributed by atoms with Crippen molar-refractivity contribution in [3.63, 3.8) is 0 Å². The highest BCUT2D eigenvalue weighted by molar-refractivity contribution is 14.1. The molecular weight excluding hydrogens is 615 g/mol. The van der Waals surface area contributed by atoms with E-state index in [1.807, 2.05) is 62.4 Å². The number of hydrogen-bond acceptors (Lipinski definition) is 3. The number of benzene rings is 4. The Bertz CT molecular complexity index is 1480. The zero-order valence-electron chi connectivity index (χ0n) is 19.2. The van der Waals surface area contributed by atoms with Gasteiger partial charge in [0.25, 0.3) is 5.91 Å². The number of hydrogen-bond donors (Lipinski definition) is 1. The first kappa shape index (κ1) is 25.0. The number of halogens is 2. The van der Waals surface area contributed by atoms with E-state index in [-0.39, 0.29) is 5.57 Å². The van der Waals surface area contributed by atoms with Crippen LogP contribution in [0.1, 0.15) is 22.3 Å². The monoisotopic (exact) mass is 636 g/mol. The Hall–Kier alpha value is -3.15. The van der Waals surface area contributed by atoms with Gasteiger partial charge in [-0.25, -0.2) is 0 Å². The van der Waals surface area contributed by atoms with E-state index in [9.17, 15) is 10.1 Å². The van der Waals surface area contributed by atoms with E-state index in [0.717, 1.165) is 30.3 Å². The van der Waals surface area contributed by atoms with Crippen LogP contribution in [0.5, 0.6) is 5.75 Å². The van der Waals surface area contributed by atoms with E-state index >= 15 is 0 Å². The van der Waals surface area contributed by atoms with Gasteiger partial charge in [-0.2, -0.15) is 5.26 Å². The lowest BCUT2D eigenvalue weighted by Crippen LogP contribution is -2.14. The van der Waals surface area contributed by atoms with E-state index < -0.39 is 5.91 Å². The molecule has 0 aliphatic rings. The summed E-state index contributed by atoms with van der Waals surface area (Å²) in [6.07, 6.45) is 1.58. The second kappa shape index (κ2) is 11.1. The first-order chi connectivity index (χ1) is 16.8. The molecule has 174 valence electrons. The van der Waals surface area contributed by atoms with Gasteiger partial charge in [0.15, 0.2) is 0 Å².